The van der Waals surface area contributed by atoms with Gasteiger partial charge in [-0.2, -0.15) is 0 Å². The Bertz CT molecular complexity index is 3590. The van der Waals surface area contributed by atoms with E-state index in [0.717, 1.165) is 65.9 Å². The molecule has 0 bridgehead atoms. The maximum Gasteiger partial charge on any atom is 0.161 e. The van der Waals surface area contributed by atoms with Crippen molar-refractivity contribution in [2.24, 2.45) is 0 Å². The van der Waals surface area contributed by atoms with Gasteiger partial charge in [0.15, 0.2) is 20.2 Å². The maximum absolute atomic E-state index is 9.57. The fourth-order valence-corrected chi connectivity index (χ4v) is 11.7. The average molecular weight is 1170 g/mol. The predicted molar refractivity (Wildman–Crippen MR) is 356 cm³/mol. The number of fused-ring (bicyclic) bond motifs is 3. The van der Waals surface area contributed by atoms with Gasteiger partial charge < -0.3 is 54.7 Å². The lowest BCUT2D eigenvalue weighted by molar-refractivity contribution is 0.215. The number of nitrogens with two attached hydrogens (primary N) is 1. The molecular weight excluding hydrogens is 1090 g/mol. The number of anilines is 4. The minimum Gasteiger partial charge on any atom is -0.508 e. The lowest BCUT2D eigenvalue weighted by Gasteiger charge is -2.37. The van der Waals surface area contributed by atoms with Crippen molar-refractivity contribution in [2.45, 2.75) is 78.9 Å². The molecule has 3 aliphatic heterocycles. The van der Waals surface area contributed by atoms with E-state index in [4.69, 9.17) is 19.9 Å². The number of phenols is 3. The third-order valence-corrected chi connectivity index (χ3v) is 16.9. The fraction of sp³-hybridized carbons (Fsp3) is 0.221. The van der Waals surface area contributed by atoms with Crippen LogP contribution in [0, 0.1) is 27.7 Å². The number of aromatic hydroxyl groups is 3. The number of benzene rings is 10. The summed E-state index contributed by atoms with van der Waals surface area (Å²) in [5.74, 6) is 3.48. The minimum atomic E-state index is -0.498. The third kappa shape index (κ3) is 14.0. The first-order valence-electron chi connectivity index (χ1n) is 29.9. The summed E-state index contributed by atoms with van der Waals surface area (Å²) in [6, 6.07) is 75.4. The number of aryl methyl sites for hydroxylation is 4. The number of hydrogen-bond donors (Lipinski definition) is 4. The molecule has 5 N–H and O–H groups in total. The molecule has 0 saturated heterocycles. The van der Waals surface area contributed by atoms with Crippen LogP contribution in [0.15, 0.2) is 224 Å². The van der Waals surface area contributed by atoms with Gasteiger partial charge in [0.2, 0.25) is 0 Å². The van der Waals surface area contributed by atoms with E-state index in [1.165, 1.54) is 72.7 Å². The Hall–Kier alpha value is -9.84. The van der Waals surface area contributed by atoms with E-state index in [9.17, 15) is 15.3 Å². The molecule has 3 aliphatic rings. The molecule has 10 aromatic carbocycles. The van der Waals surface area contributed by atoms with Crippen LogP contribution in [0.5, 0.6) is 34.5 Å². The van der Waals surface area contributed by atoms with E-state index >= 15 is 0 Å². The molecule has 10 aromatic rings. The molecule has 0 aromatic heterocycles. The van der Waals surface area contributed by atoms with Crippen LogP contribution in [-0.4, -0.2) is 49.2 Å². The SMILES string of the molecule is CC(c1ccc(O)cc1)(c1ccc(O)cc1)c1ccc(O)cc1.CCOC.Cc1cccc(N)c1.Cc1cccc(N2COc3ccc(C(C)(c4ccc5c(c4)CN(c4cccc(C)c4)CO5)c4ccc5c(c4)CN(c4cccc(C)c4)CO5)cc3C2)c1. The molecule has 13 rings (SSSR count). The highest BCUT2D eigenvalue weighted by Crippen LogP contribution is 2.46. The summed E-state index contributed by atoms with van der Waals surface area (Å²) in [4.78, 5) is 6.92. The summed E-state index contributed by atoms with van der Waals surface area (Å²) < 4.78 is 23.6. The van der Waals surface area contributed by atoms with Gasteiger partial charge in [-0.25, -0.2) is 0 Å². The van der Waals surface area contributed by atoms with E-state index in [0.29, 0.717) is 20.2 Å². The average Bonchev–Trinajstić information content (AvgIpc) is 0.831. The highest BCUT2D eigenvalue weighted by molar-refractivity contribution is 5.61. The van der Waals surface area contributed by atoms with Gasteiger partial charge >= 0.3 is 0 Å². The van der Waals surface area contributed by atoms with Crippen LogP contribution in [0.4, 0.5) is 22.7 Å². The lowest BCUT2D eigenvalue weighted by atomic mass is 9.70. The topological polar surface area (TPSA) is 133 Å². The van der Waals surface area contributed by atoms with Crippen LogP contribution in [0.1, 0.15) is 93.1 Å². The fourth-order valence-electron chi connectivity index (χ4n) is 11.7. The van der Waals surface area contributed by atoms with Crippen molar-refractivity contribution in [3.63, 3.8) is 0 Å². The molecule has 88 heavy (non-hydrogen) atoms. The van der Waals surface area contributed by atoms with E-state index in [-0.39, 0.29) is 17.2 Å². The molecule has 3 heterocycles. The molecular formula is C77H80N4O7. The van der Waals surface area contributed by atoms with Crippen LogP contribution in [-0.2, 0) is 35.2 Å². The molecule has 0 fully saturated rings. The van der Waals surface area contributed by atoms with Crippen LogP contribution in [0.25, 0.3) is 0 Å². The Balaban J connectivity index is 0.000000200. The Morgan fingerprint density at radius 1 is 0.386 bits per heavy atom. The largest absolute Gasteiger partial charge is 0.508 e. The van der Waals surface area contributed by atoms with Crippen molar-refractivity contribution in [3.8, 4) is 34.5 Å². The maximum atomic E-state index is 9.57. The van der Waals surface area contributed by atoms with Gasteiger partial charge in [0.05, 0.1) is 0 Å². The van der Waals surface area contributed by atoms with Gasteiger partial charge in [-0.15, -0.1) is 0 Å². The first-order chi connectivity index (χ1) is 42.5. The first-order valence-corrected chi connectivity index (χ1v) is 29.9. The van der Waals surface area contributed by atoms with Crippen molar-refractivity contribution in [1.29, 1.82) is 0 Å². The molecule has 0 unspecified atom stereocenters. The number of phenolic OH excluding ortho intramolecular Hbond substituents is 3. The number of ether oxygens (including phenoxy) is 4. The summed E-state index contributed by atoms with van der Waals surface area (Å²) in [6.07, 6.45) is 0. The van der Waals surface area contributed by atoms with Crippen LogP contribution >= 0.6 is 0 Å². The standard InChI is InChI=1S/C47H45N3O3.C20H18O3.C7H9N.C3H8O/c1-32-8-5-11-41(20-32)48-26-35-23-38(14-17-44(35)51-29-48)47(4,39-15-18-45-36(24-39)27-49(30-52-45)42-12-6-9-33(2)21-42)40-16-19-46-37(25-40)28-50(31-53-46)43-13-7-10-34(3)22-43;1-20(14-2-8-17(21)9-3-14,15-4-10-18(22)11-5-15)16-6-12-19(23)13-7-16;1-6-3-2-4-7(8)5-6;1-3-4-2/h5-25H,26-31H2,1-4H3;2-13,21-23H,1H3;2-5H,8H2,1H3;3H2,1-2H3. The van der Waals surface area contributed by atoms with Gasteiger partial charge in [-0.3, -0.25) is 0 Å². The summed E-state index contributed by atoms with van der Waals surface area (Å²) in [6.45, 7) is 19.6. The number of rotatable bonds is 10. The normalized spacial score (nSPS) is 13.2. The summed E-state index contributed by atoms with van der Waals surface area (Å²) in [5, 5.41) is 28.7. The highest BCUT2D eigenvalue weighted by atomic mass is 16.5. The Labute approximate surface area is 519 Å². The van der Waals surface area contributed by atoms with Crippen LogP contribution in [0.3, 0.4) is 0 Å². The second-order valence-electron chi connectivity index (χ2n) is 23.3. The van der Waals surface area contributed by atoms with E-state index < -0.39 is 10.8 Å². The number of hydrogen-bond acceptors (Lipinski definition) is 11. The second kappa shape index (κ2) is 27.2. The van der Waals surface area contributed by atoms with Gasteiger partial charge in [0, 0.05) is 83.6 Å². The summed E-state index contributed by atoms with van der Waals surface area (Å²) in [7, 11) is 1.68. The zero-order valence-electron chi connectivity index (χ0n) is 51.7. The Morgan fingerprint density at radius 2 is 0.659 bits per heavy atom. The molecule has 0 aliphatic carbocycles. The molecule has 450 valence electrons. The molecule has 11 nitrogen and oxygen atoms in total. The number of methoxy groups -OCH3 is 1. The molecule has 0 amide bonds. The van der Waals surface area contributed by atoms with Crippen molar-refractivity contribution < 1.29 is 34.3 Å². The molecule has 0 saturated carbocycles. The molecule has 0 radical (unpaired) electrons. The number of nitrogens with zero attached hydrogens (tertiary/aromatic N) is 3. The highest BCUT2D eigenvalue weighted by Gasteiger charge is 2.36. The zero-order valence-corrected chi connectivity index (χ0v) is 51.7. The van der Waals surface area contributed by atoms with Crippen molar-refractivity contribution in [3.05, 3.63) is 297 Å². The van der Waals surface area contributed by atoms with Gasteiger partial charge in [0.1, 0.15) is 34.5 Å². The third-order valence-electron chi connectivity index (χ3n) is 16.9. The quantitative estimate of drug-likeness (QED) is 0.0770. The molecule has 11 heteroatoms. The van der Waals surface area contributed by atoms with E-state index in [1.54, 1.807) is 43.5 Å². The predicted octanol–water partition coefficient (Wildman–Crippen LogP) is 16.4. The van der Waals surface area contributed by atoms with Gasteiger partial charge in [0.25, 0.3) is 0 Å². The van der Waals surface area contributed by atoms with Crippen LogP contribution in [0.2, 0.25) is 0 Å². The monoisotopic (exact) mass is 1170 g/mol. The van der Waals surface area contributed by atoms with Crippen LogP contribution < -0.4 is 34.6 Å². The lowest BCUT2D eigenvalue weighted by Crippen LogP contribution is -2.34. The van der Waals surface area contributed by atoms with Crippen molar-refractivity contribution in [1.82, 2.24) is 0 Å². The molecule has 0 spiro atoms. The van der Waals surface area contributed by atoms with Crippen molar-refractivity contribution >= 4 is 22.7 Å². The Kier molecular flexibility index (Phi) is 19.0. The van der Waals surface area contributed by atoms with Crippen molar-refractivity contribution in [2.75, 3.05) is 54.3 Å². The number of nitrogen functional groups attached to an aromatic ring is 1. The second-order valence-corrected chi connectivity index (χ2v) is 23.3. The van der Waals surface area contributed by atoms with Gasteiger partial charge in [-0.1, -0.05) is 103 Å². The first kappa shape index (κ1) is 61.3. The summed E-state index contributed by atoms with van der Waals surface area (Å²) >= 11 is 0. The Morgan fingerprint density at radius 3 is 0.920 bits per heavy atom. The van der Waals surface area contributed by atoms with E-state index in [1.807, 2.05) is 74.5 Å². The molecule has 0 atom stereocenters. The smallest absolute Gasteiger partial charge is 0.161 e. The summed E-state index contributed by atoms with van der Waals surface area (Å²) in [5.41, 5.74) is 24.0. The minimum absolute atomic E-state index is 0.215. The van der Waals surface area contributed by atoms with E-state index in [2.05, 4.69) is 181 Å². The van der Waals surface area contributed by atoms with Gasteiger partial charge in [-0.05, 0) is 225 Å². The zero-order chi connectivity index (χ0) is 62.0.